The SMILES string of the molecule is COC1=CC(=O)[C@@]2(c3cc(=O)c4ccc(CO)cc4o3)[C@H](C[C@]3(C)C(C(=O)O)CC=C4[C@H]3CCCC4(C)C)C(C)=CC[C@H]2C1=O. The molecule has 8 nitrogen and oxygen atoms in total. The van der Waals surface area contributed by atoms with Gasteiger partial charge in [0.1, 0.15) is 16.8 Å². The van der Waals surface area contributed by atoms with Crippen molar-refractivity contribution >= 4 is 28.5 Å². The number of carbonyl (C=O) groups excluding carboxylic acids is 2. The Bertz CT molecular complexity index is 1750. The van der Waals surface area contributed by atoms with Gasteiger partial charge in [-0.3, -0.25) is 19.2 Å². The van der Waals surface area contributed by atoms with Gasteiger partial charge in [0.2, 0.25) is 5.78 Å². The number of hydrogen-bond donors (Lipinski definition) is 2. The van der Waals surface area contributed by atoms with E-state index in [-0.39, 0.29) is 52.7 Å². The molecule has 45 heavy (non-hydrogen) atoms. The van der Waals surface area contributed by atoms with E-state index in [9.17, 15) is 29.4 Å². The van der Waals surface area contributed by atoms with Gasteiger partial charge in [-0.1, -0.05) is 56.6 Å². The van der Waals surface area contributed by atoms with Gasteiger partial charge >= 0.3 is 5.97 Å². The number of carbonyl (C=O) groups is 3. The molecule has 6 atom stereocenters. The number of methoxy groups -OCH3 is 1. The van der Waals surface area contributed by atoms with Crippen LogP contribution in [0.1, 0.15) is 77.5 Å². The molecular formula is C37H42O8. The van der Waals surface area contributed by atoms with Gasteiger partial charge in [-0.05, 0) is 73.5 Å². The number of ether oxygens (including phenoxy) is 1. The number of allylic oxidation sites excluding steroid dienone is 6. The zero-order valence-electron chi connectivity index (χ0n) is 26.6. The summed E-state index contributed by atoms with van der Waals surface area (Å²) in [5.74, 6) is -3.81. The van der Waals surface area contributed by atoms with Crippen LogP contribution in [-0.4, -0.2) is 34.9 Å². The summed E-state index contributed by atoms with van der Waals surface area (Å²) in [7, 11) is 1.36. The van der Waals surface area contributed by atoms with Gasteiger partial charge in [-0.25, -0.2) is 0 Å². The number of Topliss-reactive ketones (excluding diaryl/α,β-unsaturated/α-hetero) is 1. The summed E-state index contributed by atoms with van der Waals surface area (Å²) in [4.78, 5) is 55.3. The van der Waals surface area contributed by atoms with Gasteiger partial charge in [0.25, 0.3) is 0 Å². The number of rotatable bonds is 6. The minimum atomic E-state index is -1.59. The molecule has 4 aliphatic carbocycles. The lowest BCUT2D eigenvalue weighted by Crippen LogP contribution is -2.58. The van der Waals surface area contributed by atoms with Crippen molar-refractivity contribution < 1.29 is 33.8 Å². The Kier molecular flexibility index (Phi) is 7.58. The highest BCUT2D eigenvalue weighted by atomic mass is 16.5. The van der Waals surface area contributed by atoms with Gasteiger partial charge in [0.05, 0.1) is 25.0 Å². The summed E-state index contributed by atoms with van der Waals surface area (Å²) < 4.78 is 11.8. The highest BCUT2D eigenvalue weighted by molar-refractivity contribution is 6.14. The Hall–Kier alpha value is -3.78. The fourth-order valence-corrected chi connectivity index (χ4v) is 9.31. The number of aliphatic hydroxyl groups is 1. The Morgan fingerprint density at radius 3 is 2.51 bits per heavy atom. The quantitative estimate of drug-likeness (QED) is 0.377. The van der Waals surface area contributed by atoms with E-state index < -0.39 is 40.3 Å². The third kappa shape index (κ3) is 4.58. The summed E-state index contributed by atoms with van der Waals surface area (Å²) in [5, 5.41) is 20.7. The van der Waals surface area contributed by atoms with Gasteiger partial charge < -0.3 is 19.4 Å². The van der Waals surface area contributed by atoms with Crippen molar-refractivity contribution in [1.29, 1.82) is 0 Å². The molecule has 2 N–H and O–H groups in total. The minimum Gasteiger partial charge on any atom is -0.493 e. The number of carboxylic acid groups (broad SMARTS) is 1. The van der Waals surface area contributed by atoms with Crippen molar-refractivity contribution in [2.45, 2.75) is 78.2 Å². The predicted octanol–water partition coefficient (Wildman–Crippen LogP) is 6.04. The second kappa shape index (κ2) is 10.9. The lowest BCUT2D eigenvalue weighted by molar-refractivity contribution is -0.151. The van der Waals surface area contributed by atoms with E-state index in [1.807, 2.05) is 19.9 Å². The Morgan fingerprint density at radius 2 is 1.82 bits per heavy atom. The van der Waals surface area contributed by atoms with E-state index in [0.717, 1.165) is 24.8 Å². The molecule has 1 unspecified atom stereocenters. The van der Waals surface area contributed by atoms with E-state index in [1.165, 1.54) is 24.8 Å². The molecule has 0 aliphatic heterocycles. The zero-order valence-corrected chi connectivity index (χ0v) is 26.6. The van der Waals surface area contributed by atoms with Crippen LogP contribution >= 0.6 is 0 Å². The molecule has 1 saturated carbocycles. The highest BCUT2D eigenvalue weighted by Gasteiger charge is 2.63. The number of ketones is 2. The predicted molar refractivity (Wildman–Crippen MR) is 168 cm³/mol. The molecule has 1 aromatic carbocycles. The highest BCUT2D eigenvalue weighted by Crippen LogP contribution is 2.62. The van der Waals surface area contributed by atoms with Crippen LogP contribution in [0.15, 0.2) is 68.6 Å². The summed E-state index contributed by atoms with van der Waals surface area (Å²) in [6, 6.07) is 6.16. The molecule has 8 heteroatoms. The maximum Gasteiger partial charge on any atom is 0.307 e. The minimum absolute atomic E-state index is 0.0171. The van der Waals surface area contributed by atoms with Gasteiger partial charge in [-0.15, -0.1) is 0 Å². The molecule has 1 aromatic heterocycles. The first kappa shape index (κ1) is 31.2. The van der Waals surface area contributed by atoms with E-state index >= 15 is 0 Å². The van der Waals surface area contributed by atoms with Crippen molar-refractivity contribution in [2.75, 3.05) is 7.11 Å². The van der Waals surface area contributed by atoms with E-state index in [1.54, 1.807) is 18.2 Å². The van der Waals surface area contributed by atoms with Crippen molar-refractivity contribution in [3.63, 3.8) is 0 Å². The van der Waals surface area contributed by atoms with Crippen LogP contribution in [0.25, 0.3) is 11.0 Å². The summed E-state index contributed by atoms with van der Waals surface area (Å²) >= 11 is 0. The van der Waals surface area contributed by atoms with Crippen LogP contribution in [0, 0.1) is 34.5 Å². The molecule has 0 radical (unpaired) electrons. The largest absolute Gasteiger partial charge is 0.493 e. The number of aliphatic carboxylic acids is 1. The van der Waals surface area contributed by atoms with E-state index in [0.29, 0.717) is 23.8 Å². The van der Waals surface area contributed by atoms with Crippen molar-refractivity contribution in [2.24, 2.45) is 34.5 Å². The van der Waals surface area contributed by atoms with Gasteiger partial charge in [-0.2, -0.15) is 0 Å². The Morgan fingerprint density at radius 1 is 1.07 bits per heavy atom. The number of hydrogen-bond acceptors (Lipinski definition) is 7. The smallest absolute Gasteiger partial charge is 0.307 e. The van der Waals surface area contributed by atoms with E-state index in [4.69, 9.17) is 9.15 Å². The van der Waals surface area contributed by atoms with Crippen LogP contribution in [0.3, 0.4) is 0 Å². The first-order valence-electron chi connectivity index (χ1n) is 15.9. The zero-order chi connectivity index (χ0) is 32.5. The van der Waals surface area contributed by atoms with Crippen LogP contribution in [0.5, 0.6) is 0 Å². The standard InChI is InChI=1S/C37H42O8/c1-20-8-11-25-33(41)30(44-5)17-31(40)37(25,32-16-28(39)22-10-9-21(19-38)15-29(22)45-32)27(20)18-36(4)24-7-6-14-35(2,3)23(24)12-13-26(36)34(42)43/h8-10,12,15-17,24-27,38H,6-7,11,13-14,18-19H2,1-5H3,(H,42,43)/t24-,25+,26?,27-,36+,37+/m1/s1. The maximum atomic E-state index is 14.7. The molecular weight excluding hydrogens is 572 g/mol. The van der Waals surface area contributed by atoms with Crippen LogP contribution in [0.2, 0.25) is 0 Å². The number of carboxylic acids is 1. The fourth-order valence-electron chi connectivity index (χ4n) is 9.31. The first-order valence-corrected chi connectivity index (χ1v) is 15.9. The average Bonchev–Trinajstić information content (AvgIpc) is 2.99. The van der Waals surface area contributed by atoms with E-state index in [2.05, 4.69) is 19.9 Å². The molecule has 1 heterocycles. The lowest BCUT2D eigenvalue weighted by atomic mass is 9.46. The molecule has 0 amide bonds. The van der Waals surface area contributed by atoms with Crippen molar-refractivity contribution in [3.8, 4) is 0 Å². The summed E-state index contributed by atoms with van der Waals surface area (Å²) in [6.45, 7) is 8.16. The molecule has 0 spiro atoms. The normalized spacial score (nSPS) is 32.6. The van der Waals surface area contributed by atoms with Crippen LogP contribution < -0.4 is 5.43 Å². The second-order valence-electron chi connectivity index (χ2n) is 14.4. The van der Waals surface area contributed by atoms with Crippen molar-refractivity contribution in [1.82, 2.24) is 0 Å². The lowest BCUT2D eigenvalue weighted by Gasteiger charge is -2.56. The van der Waals surface area contributed by atoms with Crippen LogP contribution in [-0.2, 0) is 31.1 Å². The maximum absolute atomic E-state index is 14.7. The average molecular weight is 615 g/mol. The topological polar surface area (TPSA) is 131 Å². The van der Waals surface area contributed by atoms with Gasteiger partial charge in [0.15, 0.2) is 17.0 Å². The molecule has 0 saturated heterocycles. The third-order valence-corrected chi connectivity index (χ3v) is 11.7. The summed E-state index contributed by atoms with van der Waals surface area (Å²) in [5.41, 5.74) is 0.130. The fraction of sp³-hybridized carbons (Fsp3) is 0.514. The molecule has 1 fully saturated rings. The molecule has 0 bridgehead atoms. The van der Waals surface area contributed by atoms with Crippen LogP contribution in [0.4, 0.5) is 0 Å². The number of benzene rings is 1. The molecule has 4 aliphatic rings. The molecule has 238 valence electrons. The summed E-state index contributed by atoms with van der Waals surface area (Å²) in [6.07, 6.45) is 9.12. The van der Waals surface area contributed by atoms with Crippen molar-refractivity contribution in [3.05, 3.63) is 80.9 Å². The Balaban J connectivity index is 1.61. The third-order valence-electron chi connectivity index (χ3n) is 11.7. The number of fused-ring (bicyclic) bond motifs is 3. The molecule has 6 rings (SSSR count). The number of aliphatic hydroxyl groups excluding tert-OH is 1. The Labute approximate surface area is 262 Å². The van der Waals surface area contributed by atoms with Gasteiger partial charge in [0, 0.05) is 24.0 Å². The first-order chi connectivity index (χ1) is 21.3. The second-order valence-corrected chi connectivity index (χ2v) is 14.4. The molecule has 2 aromatic rings. The monoisotopic (exact) mass is 614 g/mol.